The van der Waals surface area contributed by atoms with E-state index in [9.17, 15) is 13.6 Å². The molecule has 1 rings (SSSR count). The summed E-state index contributed by atoms with van der Waals surface area (Å²) in [5.74, 6) is 0.175. The second-order valence-electron chi connectivity index (χ2n) is 4.14. The highest BCUT2D eigenvalue weighted by molar-refractivity contribution is 5.81. The summed E-state index contributed by atoms with van der Waals surface area (Å²) in [6, 6.07) is -0.428. The summed E-state index contributed by atoms with van der Waals surface area (Å²) in [5, 5.41) is 2.92. The van der Waals surface area contributed by atoms with Gasteiger partial charge in [0.1, 0.15) is 5.82 Å². The van der Waals surface area contributed by atoms with Crippen molar-refractivity contribution in [2.24, 2.45) is 0 Å². The molecule has 1 aromatic heterocycles. The molecule has 0 saturated carbocycles. The molecule has 1 heterocycles. The highest BCUT2D eigenvalue weighted by atomic mass is 19.3. The molecule has 0 aliphatic carbocycles. The SMILES string of the molecule is CCN(CC)C(=O)C(C)NCc1nccn1C(F)F. The largest absolute Gasteiger partial charge is 0.342 e. The minimum atomic E-state index is -2.62. The molecule has 5 nitrogen and oxygen atoms in total. The van der Waals surface area contributed by atoms with Crippen molar-refractivity contribution in [1.29, 1.82) is 0 Å². The van der Waals surface area contributed by atoms with Crippen LogP contribution in [0, 0.1) is 0 Å². The van der Waals surface area contributed by atoms with Crippen molar-refractivity contribution in [3.63, 3.8) is 0 Å². The number of imidazole rings is 1. The Morgan fingerprint density at radius 3 is 2.63 bits per heavy atom. The van der Waals surface area contributed by atoms with Crippen LogP contribution in [0.3, 0.4) is 0 Å². The van der Waals surface area contributed by atoms with Gasteiger partial charge in [-0.1, -0.05) is 0 Å². The fraction of sp³-hybridized carbons (Fsp3) is 0.667. The van der Waals surface area contributed by atoms with Crippen LogP contribution in [0.5, 0.6) is 0 Å². The van der Waals surface area contributed by atoms with Crippen molar-refractivity contribution in [3.05, 3.63) is 18.2 Å². The Labute approximate surface area is 111 Å². The molecular formula is C12H20F2N4O. The minimum absolute atomic E-state index is 0.0415. The van der Waals surface area contributed by atoms with Gasteiger partial charge < -0.3 is 4.90 Å². The molecule has 0 saturated heterocycles. The molecule has 1 atom stereocenters. The average Bonchev–Trinajstić information content (AvgIpc) is 2.85. The van der Waals surface area contributed by atoms with Crippen LogP contribution in [-0.4, -0.2) is 39.5 Å². The standard InChI is InChI=1S/C12H20F2N4O/c1-4-17(5-2)11(19)9(3)16-8-10-15-6-7-18(10)12(13)14/h6-7,9,12,16H,4-5,8H2,1-3H3. The molecule has 1 amide bonds. The van der Waals surface area contributed by atoms with Crippen molar-refractivity contribution in [1.82, 2.24) is 19.8 Å². The predicted molar refractivity (Wildman–Crippen MR) is 67.7 cm³/mol. The average molecular weight is 274 g/mol. The number of hydrogen-bond donors (Lipinski definition) is 1. The summed E-state index contributed by atoms with van der Waals surface area (Å²) >= 11 is 0. The molecule has 7 heteroatoms. The number of nitrogens with one attached hydrogen (secondary N) is 1. The Hall–Kier alpha value is -1.50. The van der Waals surface area contributed by atoms with Gasteiger partial charge in [-0.2, -0.15) is 8.78 Å². The molecule has 0 spiro atoms. The van der Waals surface area contributed by atoms with Gasteiger partial charge in [-0.3, -0.25) is 14.7 Å². The Morgan fingerprint density at radius 1 is 1.47 bits per heavy atom. The first-order valence-electron chi connectivity index (χ1n) is 6.33. The first-order chi connectivity index (χ1) is 9.01. The van der Waals surface area contributed by atoms with Crippen molar-refractivity contribution in [3.8, 4) is 0 Å². The van der Waals surface area contributed by atoms with Crippen LogP contribution in [-0.2, 0) is 11.3 Å². The first-order valence-corrected chi connectivity index (χ1v) is 6.33. The van der Waals surface area contributed by atoms with Gasteiger partial charge in [0.25, 0.3) is 0 Å². The van der Waals surface area contributed by atoms with Crippen LogP contribution in [0.4, 0.5) is 8.78 Å². The first kappa shape index (κ1) is 15.6. The quantitative estimate of drug-likeness (QED) is 0.822. The topological polar surface area (TPSA) is 50.2 Å². The summed E-state index contributed by atoms with van der Waals surface area (Å²) in [4.78, 5) is 17.5. The minimum Gasteiger partial charge on any atom is -0.342 e. The maximum atomic E-state index is 12.6. The monoisotopic (exact) mass is 274 g/mol. The van der Waals surface area contributed by atoms with E-state index in [2.05, 4.69) is 10.3 Å². The van der Waals surface area contributed by atoms with E-state index in [-0.39, 0.29) is 18.3 Å². The Kier molecular flexibility index (Phi) is 5.88. The molecular weight excluding hydrogens is 254 g/mol. The number of likely N-dealkylation sites (N-methyl/N-ethyl adjacent to an activating group) is 1. The van der Waals surface area contributed by atoms with Gasteiger partial charge in [-0.25, -0.2) is 4.98 Å². The highest BCUT2D eigenvalue weighted by Crippen LogP contribution is 2.12. The van der Waals surface area contributed by atoms with E-state index in [4.69, 9.17) is 0 Å². The number of aromatic nitrogens is 2. The predicted octanol–water partition coefficient (Wildman–Crippen LogP) is 1.62. The van der Waals surface area contributed by atoms with Gasteiger partial charge in [0.05, 0.1) is 12.6 Å². The summed E-state index contributed by atoms with van der Waals surface area (Å²) in [7, 11) is 0. The lowest BCUT2D eigenvalue weighted by Crippen LogP contribution is -2.44. The van der Waals surface area contributed by atoms with E-state index in [0.29, 0.717) is 13.1 Å². The van der Waals surface area contributed by atoms with E-state index in [1.165, 1.54) is 12.4 Å². The molecule has 0 bridgehead atoms. The van der Waals surface area contributed by atoms with Crippen LogP contribution in [0.25, 0.3) is 0 Å². The van der Waals surface area contributed by atoms with Crippen molar-refractivity contribution < 1.29 is 13.6 Å². The molecule has 1 N–H and O–H groups in total. The smallest absolute Gasteiger partial charge is 0.319 e. The fourth-order valence-electron chi connectivity index (χ4n) is 1.80. The molecule has 0 aromatic carbocycles. The summed E-state index contributed by atoms with van der Waals surface area (Å²) < 4.78 is 26.0. The van der Waals surface area contributed by atoms with Gasteiger partial charge in [0, 0.05) is 25.5 Å². The van der Waals surface area contributed by atoms with Crippen LogP contribution in [0.15, 0.2) is 12.4 Å². The molecule has 0 fully saturated rings. The maximum Gasteiger partial charge on any atom is 0.319 e. The number of amides is 1. The van der Waals surface area contributed by atoms with E-state index < -0.39 is 12.6 Å². The second kappa shape index (κ2) is 7.18. The molecule has 0 aliphatic rings. The van der Waals surface area contributed by atoms with Crippen molar-refractivity contribution >= 4 is 5.91 Å². The van der Waals surface area contributed by atoms with Crippen LogP contribution in [0.2, 0.25) is 0 Å². The molecule has 1 aromatic rings. The normalized spacial score (nSPS) is 12.7. The van der Waals surface area contributed by atoms with E-state index in [1.807, 2.05) is 13.8 Å². The molecule has 0 radical (unpaired) electrons. The number of hydrogen-bond acceptors (Lipinski definition) is 3. The lowest BCUT2D eigenvalue weighted by atomic mass is 10.2. The third kappa shape index (κ3) is 3.99. The van der Waals surface area contributed by atoms with E-state index in [1.54, 1.807) is 11.8 Å². The highest BCUT2D eigenvalue weighted by Gasteiger charge is 2.19. The summed E-state index contributed by atoms with van der Waals surface area (Å²) in [6.07, 6.45) is 2.54. The molecule has 1 unspecified atom stereocenters. The Morgan fingerprint density at radius 2 is 2.11 bits per heavy atom. The number of carbonyl (C=O) groups excluding carboxylic acids is 1. The van der Waals surface area contributed by atoms with Gasteiger partial charge in [-0.15, -0.1) is 0 Å². The summed E-state index contributed by atoms with van der Waals surface area (Å²) in [5.41, 5.74) is 0. The van der Waals surface area contributed by atoms with Gasteiger partial charge in [0.2, 0.25) is 5.91 Å². The van der Waals surface area contributed by atoms with Gasteiger partial charge >= 0.3 is 6.55 Å². The van der Waals surface area contributed by atoms with Gasteiger partial charge in [-0.05, 0) is 20.8 Å². The number of halogens is 2. The summed E-state index contributed by atoms with van der Waals surface area (Å²) in [6.45, 7) is 4.30. The zero-order valence-electron chi connectivity index (χ0n) is 11.4. The zero-order valence-corrected chi connectivity index (χ0v) is 11.4. The number of nitrogens with zero attached hydrogens (tertiary/aromatic N) is 3. The van der Waals surface area contributed by atoms with Crippen LogP contribution >= 0.6 is 0 Å². The Bertz CT molecular complexity index is 404. The molecule has 19 heavy (non-hydrogen) atoms. The van der Waals surface area contributed by atoms with Crippen LogP contribution < -0.4 is 5.32 Å². The number of rotatable bonds is 7. The maximum absolute atomic E-state index is 12.6. The molecule has 108 valence electrons. The number of carbonyl (C=O) groups is 1. The zero-order chi connectivity index (χ0) is 14.4. The third-order valence-electron chi connectivity index (χ3n) is 2.97. The fourth-order valence-corrected chi connectivity index (χ4v) is 1.80. The van der Waals surface area contributed by atoms with E-state index >= 15 is 0 Å². The van der Waals surface area contributed by atoms with Crippen molar-refractivity contribution in [2.45, 2.75) is 39.9 Å². The lowest BCUT2D eigenvalue weighted by molar-refractivity contribution is -0.132. The third-order valence-corrected chi connectivity index (χ3v) is 2.97. The lowest BCUT2D eigenvalue weighted by Gasteiger charge is -2.23. The van der Waals surface area contributed by atoms with Crippen LogP contribution in [0.1, 0.15) is 33.1 Å². The van der Waals surface area contributed by atoms with Crippen molar-refractivity contribution in [2.75, 3.05) is 13.1 Å². The Balaban J connectivity index is 2.56. The second-order valence-corrected chi connectivity index (χ2v) is 4.14. The van der Waals surface area contributed by atoms with E-state index in [0.717, 1.165) is 4.57 Å². The van der Waals surface area contributed by atoms with Gasteiger partial charge in [0.15, 0.2) is 0 Å². The molecule has 0 aliphatic heterocycles. The number of alkyl halides is 2.